The van der Waals surface area contributed by atoms with E-state index in [0.717, 1.165) is 5.56 Å². The van der Waals surface area contributed by atoms with Gasteiger partial charge in [-0.25, -0.2) is 0 Å². The summed E-state index contributed by atoms with van der Waals surface area (Å²) in [4.78, 5) is 12.2. The number of hydrogen-bond donors (Lipinski definition) is 1. The van der Waals surface area contributed by atoms with Crippen LogP contribution >= 0.6 is 11.6 Å². The predicted octanol–water partition coefficient (Wildman–Crippen LogP) is 3.30. The topological polar surface area (TPSA) is 56.8 Å². The Morgan fingerprint density at radius 3 is 2.30 bits per heavy atom. The van der Waals surface area contributed by atoms with Crippen LogP contribution in [0.3, 0.4) is 0 Å². The summed E-state index contributed by atoms with van der Waals surface area (Å²) in [5.41, 5.74) is 1.19. The summed E-state index contributed by atoms with van der Waals surface area (Å²) >= 11 is 6.02. The van der Waals surface area contributed by atoms with Crippen LogP contribution in [0.25, 0.3) is 0 Å². The molecule has 6 heteroatoms. The number of methoxy groups -OCH3 is 3. The molecule has 0 bridgehead atoms. The van der Waals surface area contributed by atoms with Crippen molar-refractivity contribution in [1.82, 2.24) is 5.32 Å². The number of benzene rings is 2. The molecule has 0 unspecified atom stereocenters. The lowest BCUT2D eigenvalue weighted by Gasteiger charge is -2.16. The Morgan fingerprint density at radius 1 is 1.00 bits per heavy atom. The Morgan fingerprint density at radius 2 is 1.70 bits per heavy atom. The van der Waals surface area contributed by atoms with Crippen LogP contribution in [0.2, 0.25) is 5.02 Å². The smallest absolute Gasteiger partial charge is 0.253 e. The van der Waals surface area contributed by atoms with E-state index >= 15 is 0 Å². The monoisotopic (exact) mass is 335 g/mol. The highest BCUT2D eigenvalue weighted by atomic mass is 35.5. The molecule has 0 saturated carbocycles. The van der Waals surface area contributed by atoms with E-state index in [9.17, 15) is 4.79 Å². The van der Waals surface area contributed by atoms with E-state index in [1.54, 1.807) is 37.4 Å². The molecule has 1 N–H and O–H groups in total. The maximum Gasteiger partial charge on any atom is 0.253 e. The summed E-state index contributed by atoms with van der Waals surface area (Å²) in [5, 5.41) is 3.23. The van der Waals surface area contributed by atoms with Gasteiger partial charge in [0, 0.05) is 12.1 Å². The van der Waals surface area contributed by atoms with Crippen molar-refractivity contribution >= 4 is 17.5 Å². The quantitative estimate of drug-likeness (QED) is 0.880. The Hall–Kier alpha value is -2.40. The lowest BCUT2D eigenvalue weighted by atomic mass is 10.1. The Labute approximate surface area is 140 Å². The number of rotatable bonds is 6. The second-order valence-electron chi connectivity index (χ2n) is 4.66. The first kappa shape index (κ1) is 17.0. The minimum absolute atomic E-state index is 0.257. The molecule has 0 radical (unpaired) electrons. The first-order valence-electron chi connectivity index (χ1n) is 6.93. The zero-order valence-electron chi connectivity index (χ0n) is 13.2. The molecule has 0 fully saturated rings. The van der Waals surface area contributed by atoms with Gasteiger partial charge in [-0.2, -0.15) is 0 Å². The molecule has 0 spiro atoms. The van der Waals surface area contributed by atoms with Crippen LogP contribution in [-0.2, 0) is 6.54 Å². The maximum atomic E-state index is 12.2. The van der Waals surface area contributed by atoms with Crippen molar-refractivity contribution < 1.29 is 19.0 Å². The molecule has 0 aliphatic rings. The number of carbonyl (C=O) groups is 1. The van der Waals surface area contributed by atoms with E-state index in [2.05, 4.69) is 5.32 Å². The van der Waals surface area contributed by atoms with Gasteiger partial charge >= 0.3 is 0 Å². The first-order chi connectivity index (χ1) is 11.1. The van der Waals surface area contributed by atoms with Gasteiger partial charge in [0.1, 0.15) is 0 Å². The van der Waals surface area contributed by atoms with Crippen molar-refractivity contribution in [1.29, 1.82) is 0 Å². The van der Waals surface area contributed by atoms with Crippen LogP contribution in [0.4, 0.5) is 0 Å². The van der Waals surface area contributed by atoms with Gasteiger partial charge in [-0.15, -0.1) is 0 Å². The zero-order chi connectivity index (χ0) is 16.8. The van der Waals surface area contributed by atoms with Crippen molar-refractivity contribution in [2.24, 2.45) is 0 Å². The fourth-order valence-electron chi connectivity index (χ4n) is 2.22. The molecule has 0 atom stereocenters. The number of carbonyl (C=O) groups excluding carboxylic acids is 1. The minimum Gasteiger partial charge on any atom is -0.493 e. The van der Waals surface area contributed by atoms with Gasteiger partial charge in [-0.05, 0) is 24.3 Å². The summed E-state index contributed by atoms with van der Waals surface area (Å²) in [7, 11) is 4.62. The highest BCUT2D eigenvalue weighted by molar-refractivity contribution is 6.33. The summed E-state index contributed by atoms with van der Waals surface area (Å²) in [6.07, 6.45) is 0. The Balaban J connectivity index is 2.21. The van der Waals surface area contributed by atoms with E-state index in [4.69, 9.17) is 25.8 Å². The highest BCUT2D eigenvalue weighted by Gasteiger charge is 2.17. The lowest BCUT2D eigenvalue weighted by Crippen LogP contribution is -2.23. The molecule has 0 aliphatic carbocycles. The second kappa shape index (κ2) is 7.74. The van der Waals surface area contributed by atoms with Crippen LogP contribution in [0.5, 0.6) is 17.2 Å². The van der Waals surface area contributed by atoms with Crippen molar-refractivity contribution in [3.05, 3.63) is 52.5 Å². The SMILES string of the molecule is COc1ccc(CNC(=O)c2ccccc2Cl)c(OC)c1OC. The first-order valence-corrected chi connectivity index (χ1v) is 7.30. The van der Waals surface area contributed by atoms with Gasteiger partial charge in [-0.3, -0.25) is 4.79 Å². The number of ether oxygens (including phenoxy) is 3. The third-order valence-corrected chi connectivity index (χ3v) is 3.67. The predicted molar refractivity (Wildman–Crippen MR) is 88.7 cm³/mol. The van der Waals surface area contributed by atoms with Crippen LogP contribution in [0, 0.1) is 0 Å². The van der Waals surface area contributed by atoms with E-state index in [-0.39, 0.29) is 12.5 Å². The van der Waals surface area contributed by atoms with Gasteiger partial charge in [0.25, 0.3) is 5.91 Å². The average Bonchev–Trinajstić information content (AvgIpc) is 2.58. The Kier molecular flexibility index (Phi) is 5.71. The van der Waals surface area contributed by atoms with E-state index in [0.29, 0.717) is 27.8 Å². The molecule has 2 rings (SSSR count). The van der Waals surface area contributed by atoms with Crippen LogP contribution in [0.1, 0.15) is 15.9 Å². The largest absolute Gasteiger partial charge is 0.493 e. The average molecular weight is 336 g/mol. The normalized spacial score (nSPS) is 10.1. The minimum atomic E-state index is -0.257. The third-order valence-electron chi connectivity index (χ3n) is 3.34. The van der Waals surface area contributed by atoms with Crippen LogP contribution < -0.4 is 19.5 Å². The standard InChI is InChI=1S/C17H18ClNO4/c1-21-14-9-8-11(15(22-2)16(14)23-3)10-19-17(20)12-6-4-5-7-13(12)18/h4-9H,10H2,1-3H3,(H,19,20). The van der Waals surface area contributed by atoms with Crippen molar-refractivity contribution in [3.63, 3.8) is 0 Å². The van der Waals surface area contributed by atoms with E-state index in [1.165, 1.54) is 14.2 Å². The fraction of sp³-hybridized carbons (Fsp3) is 0.235. The molecule has 0 saturated heterocycles. The number of nitrogens with one attached hydrogen (secondary N) is 1. The van der Waals surface area contributed by atoms with Crippen molar-refractivity contribution in [2.75, 3.05) is 21.3 Å². The number of hydrogen-bond acceptors (Lipinski definition) is 4. The van der Waals surface area contributed by atoms with Gasteiger partial charge in [-0.1, -0.05) is 23.7 Å². The molecule has 0 heterocycles. The fourth-order valence-corrected chi connectivity index (χ4v) is 2.44. The summed E-state index contributed by atoms with van der Waals surface area (Å²) < 4.78 is 15.9. The lowest BCUT2D eigenvalue weighted by molar-refractivity contribution is 0.0950. The molecule has 0 aliphatic heterocycles. The Bertz CT molecular complexity index is 703. The van der Waals surface area contributed by atoms with E-state index in [1.807, 2.05) is 6.07 Å². The summed E-state index contributed by atoms with van der Waals surface area (Å²) in [5.74, 6) is 1.31. The second-order valence-corrected chi connectivity index (χ2v) is 5.06. The molecule has 2 aromatic carbocycles. The van der Waals surface area contributed by atoms with E-state index < -0.39 is 0 Å². The molecule has 0 aromatic heterocycles. The van der Waals surface area contributed by atoms with Gasteiger partial charge < -0.3 is 19.5 Å². The third kappa shape index (κ3) is 3.68. The van der Waals surface area contributed by atoms with Gasteiger partial charge in [0.05, 0.1) is 31.9 Å². The number of amides is 1. The summed E-state index contributed by atoms with van der Waals surface area (Å²) in [6.45, 7) is 0.271. The molecule has 1 amide bonds. The van der Waals surface area contributed by atoms with Crippen LogP contribution in [-0.4, -0.2) is 27.2 Å². The molecule has 5 nitrogen and oxygen atoms in total. The van der Waals surface area contributed by atoms with Crippen LogP contribution in [0.15, 0.2) is 36.4 Å². The van der Waals surface area contributed by atoms with Crippen molar-refractivity contribution in [2.45, 2.75) is 6.54 Å². The molecular weight excluding hydrogens is 318 g/mol. The maximum absolute atomic E-state index is 12.2. The molecule has 2 aromatic rings. The molecular formula is C17H18ClNO4. The highest BCUT2D eigenvalue weighted by Crippen LogP contribution is 2.39. The number of halogens is 1. The van der Waals surface area contributed by atoms with Crippen molar-refractivity contribution in [3.8, 4) is 17.2 Å². The zero-order valence-corrected chi connectivity index (χ0v) is 13.9. The molecule has 23 heavy (non-hydrogen) atoms. The van der Waals surface area contributed by atoms with Gasteiger partial charge in [0.15, 0.2) is 11.5 Å². The summed E-state index contributed by atoms with van der Waals surface area (Å²) in [6, 6.07) is 10.5. The molecule has 122 valence electrons. The van der Waals surface area contributed by atoms with Gasteiger partial charge in [0.2, 0.25) is 5.75 Å².